The van der Waals surface area contributed by atoms with Gasteiger partial charge >= 0.3 is 0 Å². The summed E-state index contributed by atoms with van der Waals surface area (Å²) in [6.45, 7) is 6.20. The fraction of sp³-hybridized carbons (Fsp3) is 0.684. The summed E-state index contributed by atoms with van der Waals surface area (Å²) in [5, 5.41) is 0. The van der Waals surface area contributed by atoms with Gasteiger partial charge in [-0.05, 0) is 55.1 Å². The monoisotopic (exact) mass is 316 g/mol. The Hall–Kier alpha value is -0.510. The molecule has 3 heteroatoms. The molecule has 1 aromatic rings. The van der Waals surface area contributed by atoms with Crippen LogP contribution in [0.25, 0.3) is 0 Å². The van der Waals surface area contributed by atoms with Crippen molar-refractivity contribution in [2.75, 3.05) is 32.4 Å². The molecule has 0 spiro atoms. The van der Waals surface area contributed by atoms with E-state index in [0.29, 0.717) is 0 Å². The molecule has 3 aliphatic rings. The van der Waals surface area contributed by atoms with E-state index >= 15 is 0 Å². The van der Waals surface area contributed by atoms with E-state index in [9.17, 15) is 0 Å². The fourth-order valence-corrected chi connectivity index (χ4v) is 5.31. The molecule has 1 aromatic carbocycles. The minimum Gasteiger partial charge on any atom is -0.298 e. The Morgan fingerprint density at radius 1 is 1.00 bits per heavy atom. The van der Waals surface area contributed by atoms with Gasteiger partial charge in [0.2, 0.25) is 0 Å². The van der Waals surface area contributed by atoms with Crippen molar-refractivity contribution in [1.29, 1.82) is 0 Å². The highest BCUT2D eigenvalue weighted by atomic mass is 32.2. The second-order valence-electron chi connectivity index (χ2n) is 7.40. The quantitative estimate of drug-likeness (QED) is 0.782. The average Bonchev–Trinajstić information content (AvgIpc) is 3.19. The molecule has 2 aliphatic carbocycles. The number of fused-ring (bicyclic) bond motifs is 2. The lowest BCUT2D eigenvalue weighted by Crippen LogP contribution is -2.51. The molecule has 0 aromatic heterocycles. The van der Waals surface area contributed by atoms with Gasteiger partial charge in [0.15, 0.2) is 0 Å². The van der Waals surface area contributed by atoms with E-state index in [-0.39, 0.29) is 0 Å². The van der Waals surface area contributed by atoms with E-state index in [1.54, 1.807) is 0 Å². The third-order valence-electron chi connectivity index (χ3n) is 6.14. The van der Waals surface area contributed by atoms with Crippen LogP contribution in [0.15, 0.2) is 29.2 Å². The Morgan fingerprint density at radius 2 is 1.77 bits per heavy atom. The predicted molar refractivity (Wildman–Crippen MR) is 94.3 cm³/mol. The van der Waals surface area contributed by atoms with Crippen LogP contribution in [0.3, 0.4) is 0 Å². The lowest BCUT2D eigenvalue weighted by Gasteiger charge is -2.41. The van der Waals surface area contributed by atoms with Crippen LogP contribution in [0.4, 0.5) is 0 Å². The Kier molecular flexibility index (Phi) is 4.47. The second-order valence-corrected chi connectivity index (χ2v) is 8.28. The van der Waals surface area contributed by atoms with E-state index in [4.69, 9.17) is 0 Å². The molecule has 2 bridgehead atoms. The highest BCUT2D eigenvalue weighted by Crippen LogP contribution is 2.46. The normalized spacial score (nSPS) is 32.7. The van der Waals surface area contributed by atoms with Crippen LogP contribution in [0, 0.1) is 11.8 Å². The summed E-state index contributed by atoms with van der Waals surface area (Å²) in [5.74, 6) is 2.11. The predicted octanol–water partition coefficient (Wildman–Crippen LogP) is 3.71. The topological polar surface area (TPSA) is 6.48 Å². The third kappa shape index (κ3) is 3.08. The number of rotatable bonds is 4. The van der Waals surface area contributed by atoms with Crippen LogP contribution in [-0.2, 0) is 6.54 Å². The number of nitrogens with zero attached hydrogens (tertiary/aromatic N) is 2. The zero-order valence-corrected chi connectivity index (χ0v) is 14.5. The van der Waals surface area contributed by atoms with E-state index in [1.807, 2.05) is 11.8 Å². The molecule has 0 N–H and O–H groups in total. The average molecular weight is 317 g/mol. The van der Waals surface area contributed by atoms with Gasteiger partial charge in [0.25, 0.3) is 0 Å². The maximum atomic E-state index is 2.82. The van der Waals surface area contributed by atoms with Crippen molar-refractivity contribution in [2.24, 2.45) is 11.8 Å². The van der Waals surface area contributed by atoms with Crippen molar-refractivity contribution >= 4 is 11.8 Å². The number of hydrogen-bond donors (Lipinski definition) is 0. The third-order valence-corrected chi connectivity index (χ3v) is 6.89. The smallest absolute Gasteiger partial charge is 0.0234 e. The largest absolute Gasteiger partial charge is 0.298 e. The maximum Gasteiger partial charge on any atom is 0.0234 e. The van der Waals surface area contributed by atoms with Crippen LogP contribution < -0.4 is 0 Å². The van der Waals surface area contributed by atoms with Crippen LogP contribution >= 0.6 is 11.8 Å². The number of hydrogen-bond acceptors (Lipinski definition) is 3. The summed E-state index contributed by atoms with van der Waals surface area (Å²) >= 11 is 1.82. The van der Waals surface area contributed by atoms with Crippen molar-refractivity contribution in [2.45, 2.75) is 43.2 Å². The summed E-state index contributed by atoms with van der Waals surface area (Å²) in [6, 6.07) is 10.0. The zero-order chi connectivity index (χ0) is 14.9. The highest BCUT2D eigenvalue weighted by Gasteiger charge is 2.42. The summed E-state index contributed by atoms with van der Waals surface area (Å²) in [6.07, 6.45) is 8.21. The van der Waals surface area contributed by atoms with E-state index < -0.39 is 0 Å². The van der Waals surface area contributed by atoms with Gasteiger partial charge in [-0.25, -0.2) is 0 Å². The molecule has 3 atom stereocenters. The second kappa shape index (κ2) is 6.54. The Labute approximate surface area is 139 Å². The van der Waals surface area contributed by atoms with Crippen molar-refractivity contribution in [3.8, 4) is 0 Å². The van der Waals surface area contributed by atoms with Crippen LogP contribution in [0.1, 0.15) is 31.2 Å². The molecule has 0 radical (unpaired) electrons. The highest BCUT2D eigenvalue weighted by molar-refractivity contribution is 7.98. The number of piperazine rings is 1. The fourth-order valence-electron chi connectivity index (χ4n) is 4.90. The first kappa shape index (κ1) is 15.0. The minimum atomic E-state index is 0.932. The molecular formula is C19H28N2S. The van der Waals surface area contributed by atoms with Gasteiger partial charge in [0, 0.05) is 43.7 Å². The molecule has 2 saturated carbocycles. The van der Waals surface area contributed by atoms with E-state index in [0.717, 1.165) is 24.4 Å². The van der Waals surface area contributed by atoms with Crippen molar-refractivity contribution in [3.63, 3.8) is 0 Å². The van der Waals surface area contributed by atoms with Gasteiger partial charge in [-0.2, -0.15) is 0 Å². The first-order chi connectivity index (χ1) is 10.8. The molecule has 1 heterocycles. The van der Waals surface area contributed by atoms with E-state index in [1.165, 1.54) is 62.3 Å². The lowest BCUT2D eigenvalue weighted by molar-refractivity contribution is 0.0679. The minimum absolute atomic E-state index is 0.932. The van der Waals surface area contributed by atoms with Crippen LogP contribution in [-0.4, -0.2) is 48.3 Å². The molecule has 1 aliphatic heterocycles. The summed E-state index contributed by atoms with van der Waals surface area (Å²) < 4.78 is 0. The Bertz CT molecular complexity index is 493. The summed E-state index contributed by atoms with van der Waals surface area (Å²) in [7, 11) is 0. The molecular weight excluding hydrogens is 288 g/mol. The molecule has 120 valence electrons. The zero-order valence-electron chi connectivity index (χ0n) is 13.7. The van der Waals surface area contributed by atoms with E-state index in [2.05, 4.69) is 40.3 Å². The maximum absolute atomic E-state index is 2.82. The first-order valence-corrected chi connectivity index (χ1v) is 10.1. The molecule has 3 fully saturated rings. The summed E-state index contributed by atoms with van der Waals surface area (Å²) in [4.78, 5) is 6.82. The Morgan fingerprint density at radius 3 is 2.36 bits per heavy atom. The van der Waals surface area contributed by atoms with Gasteiger partial charge < -0.3 is 0 Å². The first-order valence-electron chi connectivity index (χ1n) is 8.91. The van der Waals surface area contributed by atoms with Gasteiger partial charge in [-0.1, -0.05) is 18.6 Å². The lowest BCUT2D eigenvalue weighted by atomic mass is 9.93. The molecule has 0 amide bonds. The van der Waals surface area contributed by atoms with Crippen LogP contribution in [0.2, 0.25) is 0 Å². The van der Waals surface area contributed by atoms with Gasteiger partial charge in [0.1, 0.15) is 0 Å². The SMILES string of the molecule is CSc1ccc(CN2CCN([C@@H]3C[C@@H]4CC[C@@H]3C4)CC2)cc1. The molecule has 2 nitrogen and oxygen atoms in total. The standard InChI is InChI=1S/C19H28N2S/c1-22-18-6-3-15(4-7-18)14-20-8-10-21(11-9-20)19-13-16-2-5-17(19)12-16/h3-4,6-7,16-17,19H,2,5,8-14H2,1H3/t16-,17-,19-/m1/s1. The van der Waals surface area contributed by atoms with Crippen LogP contribution in [0.5, 0.6) is 0 Å². The van der Waals surface area contributed by atoms with Gasteiger partial charge in [-0.3, -0.25) is 9.80 Å². The van der Waals surface area contributed by atoms with Crippen molar-refractivity contribution in [1.82, 2.24) is 9.80 Å². The van der Waals surface area contributed by atoms with Crippen molar-refractivity contribution < 1.29 is 0 Å². The summed E-state index contributed by atoms with van der Waals surface area (Å²) in [5.41, 5.74) is 1.46. The van der Waals surface area contributed by atoms with Crippen molar-refractivity contribution in [3.05, 3.63) is 29.8 Å². The number of thioether (sulfide) groups is 1. The number of benzene rings is 1. The molecule has 4 rings (SSSR count). The van der Waals surface area contributed by atoms with Gasteiger partial charge in [-0.15, -0.1) is 11.8 Å². The molecule has 22 heavy (non-hydrogen) atoms. The Balaban J connectivity index is 1.28. The molecule has 1 saturated heterocycles. The molecule has 0 unspecified atom stereocenters. The van der Waals surface area contributed by atoms with Gasteiger partial charge in [0.05, 0.1) is 0 Å².